The first-order chi connectivity index (χ1) is 9.10. The second-order valence-electron chi connectivity index (χ2n) is 4.38. The number of nitrogen functional groups attached to an aromatic ring is 1. The molecule has 0 aliphatic rings. The van der Waals surface area contributed by atoms with E-state index in [-0.39, 0.29) is 12.5 Å². The Morgan fingerprint density at radius 1 is 1.21 bits per heavy atom. The molecular formula is C15H16N2O2. The summed E-state index contributed by atoms with van der Waals surface area (Å²) < 4.78 is 0. The Bertz CT molecular complexity index is 592. The summed E-state index contributed by atoms with van der Waals surface area (Å²) in [7, 11) is 0. The van der Waals surface area contributed by atoms with Crippen LogP contribution in [0.1, 0.15) is 21.5 Å². The number of rotatable bonds is 3. The predicted molar refractivity (Wildman–Crippen MR) is 75.9 cm³/mol. The highest BCUT2D eigenvalue weighted by molar-refractivity contribution is 6.04. The van der Waals surface area contributed by atoms with Crippen molar-refractivity contribution >= 4 is 17.3 Å². The summed E-state index contributed by atoms with van der Waals surface area (Å²) in [4.78, 5) is 12.0. The number of benzene rings is 2. The number of amides is 1. The molecule has 0 aliphatic heterocycles. The zero-order valence-corrected chi connectivity index (χ0v) is 10.7. The quantitative estimate of drug-likeness (QED) is 0.738. The first-order valence-electron chi connectivity index (χ1n) is 5.97. The van der Waals surface area contributed by atoms with E-state index in [0.717, 1.165) is 11.1 Å². The van der Waals surface area contributed by atoms with E-state index >= 15 is 0 Å². The maximum Gasteiger partial charge on any atom is 0.255 e. The lowest BCUT2D eigenvalue weighted by Crippen LogP contribution is -2.12. The summed E-state index contributed by atoms with van der Waals surface area (Å²) in [6, 6.07) is 12.2. The Labute approximate surface area is 111 Å². The zero-order chi connectivity index (χ0) is 13.8. The van der Waals surface area contributed by atoms with Crippen LogP contribution in [0.2, 0.25) is 0 Å². The van der Waals surface area contributed by atoms with Gasteiger partial charge in [-0.1, -0.05) is 18.2 Å². The van der Waals surface area contributed by atoms with Crippen molar-refractivity contribution in [3.05, 3.63) is 59.2 Å². The minimum Gasteiger partial charge on any atom is -0.398 e. The van der Waals surface area contributed by atoms with Crippen LogP contribution in [0.15, 0.2) is 42.5 Å². The van der Waals surface area contributed by atoms with Crippen LogP contribution in [0.25, 0.3) is 0 Å². The Hall–Kier alpha value is -2.33. The third kappa shape index (κ3) is 3.11. The number of nitrogens with two attached hydrogens (primary N) is 1. The molecule has 2 aromatic rings. The Morgan fingerprint density at radius 2 is 1.89 bits per heavy atom. The third-order valence-electron chi connectivity index (χ3n) is 2.94. The van der Waals surface area contributed by atoms with Gasteiger partial charge in [0.25, 0.3) is 5.91 Å². The number of carbonyl (C=O) groups is 1. The fourth-order valence-corrected chi connectivity index (χ4v) is 1.68. The lowest BCUT2D eigenvalue weighted by molar-refractivity contribution is 0.102. The maximum absolute atomic E-state index is 12.0. The fourth-order valence-electron chi connectivity index (χ4n) is 1.68. The molecule has 0 heterocycles. The number of aliphatic hydroxyl groups is 1. The van der Waals surface area contributed by atoms with Gasteiger partial charge in [0.05, 0.1) is 6.61 Å². The van der Waals surface area contributed by atoms with E-state index in [1.165, 1.54) is 0 Å². The summed E-state index contributed by atoms with van der Waals surface area (Å²) in [6.07, 6.45) is 0. The molecule has 98 valence electrons. The van der Waals surface area contributed by atoms with Crippen LogP contribution in [0.5, 0.6) is 0 Å². The highest BCUT2D eigenvalue weighted by Crippen LogP contribution is 2.17. The van der Waals surface area contributed by atoms with E-state index in [9.17, 15) is 4.79 Å². The largest absolute Gasteiger partial charge is 0.398 e. The van der Waals surface area contributed by atoms with Crippen molar-refractivity contribution in [2.75, 3.05) is 11.1 Å². The fraction of sp³-hybridized carbons (Fsp3) is 0.133. The molecule has 4 nitrogen and oxygen atoms in total. The van der Waals surface area contributed by atoms with Gasteiger partial charge >= 0.3 is 0 Å². The summed E-state index contributed by atoms with van der Waals surface area (Å²) in [5.41, 5.74) is 9.40. The van der Waals surface area contributed by atoms with E-state index < -0.39 is 0 Å². The number of nitrogens with one attached hydrogen (secondary N) is 1. The van der Waals surface area contributed by atoms with Crippen molar-refractivity contribution in [3.8, 4) is 0 Å². The maximum atomic E-state index is 12.0. The highest BCUT2D eigenvalue weighted by Gasteiger charge is 2.06. The van der Waals surface area contributed by atoms with Crippen LogP contribution < -0.4 is 11.1 Å². The molecule has 0 unspecified atom stereocenters. The normalized spacial score (nSPS) is 10.2. The molecule has 0 atom stereocenters. The standard InChI is InChI=1S/C15H16N2O2/c1-10-2-7-13(8-14(10)16)17-15(19)12-5-3-11(9-18)4-6-12/h2-8,18H,9,16H2,1H3,(H,17,19). The van der Waals surface area contributed by atoms with E-state index in [1.54, 1.807) is 30.3 Å². The smallest absolute Gasteiger partial charge is 0.255 e. The topological polar surface area (TPSA) is 75.3 Å². The minimum atomic E-state index is -0.201. The summed E-state index contributed by atoms with van der Waals surface area (Å²) >= 11 is 0. The first kappa shape index (κ1) is 13.1. The van der Waals surface area contributed by atoms with Crippen molar-refractivity contribution in [3.63, 3.8) is 0 Å². The Balaban J connectivity index is 2.13. The lowest BCUT2D eigenvalue weighted by Gasteiger charge is -2.08. The summed E-state index contributed by atoms with van der Waals surface area (Å²) in [5.74, 6) is -0.201. The summed E-state index contributed by atoms with van der Waals surface area (Å²) in [6.45, 7) is 1.88. The van der Waals surface area contributed by atoms with Gasteiger partial charge in [0.2, 0.25) is 0 Å². The molecule has 2 rings (SSSR count). The first-order valence-corrected chi connectivity index (χ1v) is 5.97. The molecule has 0 radical (unpaired) electrons. The van der Waals surface area contributed by atoms with Crippen LogP contribution in [0, 0.1) is 6.92 Å². The average Bonchev–Trinajstić information content (AvgIpc) is 2.43. The van der Waals surface area contributed by atoms with Gasteiger partial charge in [-0.25, -0.2) is 0 Å². The van der Waals surface area contributed by atoms with Crippen molar-refractivity contribution in [1.29, 1.82) is 0 Å². The molecular weight excluding hydrogens is 240 g/mol. The lowest BCUT2D eigenvalue weighted by atomic mass is 10.1. The van der Waals surface area contributed by atoms with Crippen LogP contribution in [-0.4, -0.2) is 11.0 Å². The molecule has 0 bridgehead atoms. The monoisotopic (exact) mass is 256 g/mol. The van der Waals surface area contributed by atoms with E-state index in [1.807, 2.05) is 19.1 Å². The Morgan fingerprint density at radius 3 is 2.47 bits per heavy atom. The van der Waals surface area contributed by atoms with Crippen LogP contribution in [0.3, 0.4) is 0 Å². The van der Waals surface area contributed by atoms with Crippen molar-refractivity contribution in [2.45, 2.75) is 13.5 Å². The predicted octanol–water partition coefficient (Wildman–Crippen LogP) is 2.32. The van der Waals surface area contributed by atoms with Crippen molar-refractivity contribution in [1.82, 2.24) is 0 Å². The van der Waals surface area contributed by atoms with Gasteiger partial charge in [-0.3, -0.25) is 4.79 Å². The number of carbonyl (C=O) groups excluding carboxylic acids is 1. The molecule has 0 spiro atoms. The van der Waals surface area contributed by atoms with Crippen LogP contribution in [0.4, 0.5) is 11.4 Å². The van der Waals surface area contributed by atoms with E-state index in [2.05, 4.69) is 5.32 Å². The van der Waals surface area contributed by atoms with E-state index in [4.69, 9.17) is 10.8 Å². The molecule has 0 aliphatic carbocycles. The number of aliphatic hydroxyl groups excluding tert-OH is 1. The molecule has 0 aromatic heterocycles. The van der Waals surface area contributed by atoms with Crippen molar-refractivity contribution in [2.24, 2.45) is 0 Å². The van der Waals surface area contributed by atoms with Gasteiger partial charge in [0, 0.05) is 16.9 Å². The van der Waals surface area contributed by atoms with Gasteiger partial charge in [-0.05, 0) is 42.3 Å². The minimum absolute atomic E-state index is 0.0314. The molecule has 0 fully saturated rings. The number of anilines is 2. The summed E-state index contributed by atoms with van der Waals surface area (Å²) in [5, 5.41) is 11.7. The number of aryl methyl sites for hydroxylation is 1. The molecule has 1 amide bonds. The molecule has 0 saturated carbocycles. The molecule has 19 heavy (non-hydrogen) atoms. The number of hydrogen-bond acceptors (Lipinski definition) is 3. The molecule has 4 N–H and O–H groups in total. The molecule has 4 heteroatoms. The average molecular weight is 256 g/mol. The van der Waals surface area contributed by atoms with Gasteiger partial charge in [-0.15, -0.1) is 0 Å². The highest BCUT2D eigenvalue weighted by atomic mass is 16.3. The van der Waals surface area contributed by atoms with Gasteiger partial charge < -0.3 is 16.2 Å². The third-order valence-corrected chi connectivity index (χ3v) is 2.94. The van der Waals surface area contributed by atoms with Gasteiger partial charge in [-0.2, -0.15) is 0 Å². The van der Waals surface area contributed by atoms with Crippen LogP contribution in [-0.2, 0) is 6.61 Å². The van der Waals surface area contributed by atoms with E-state index in [0.29, 0.717) is 16.9 Å². The zero-order valence-electron chi connectivity index (χ0n) is 10.7. The second-order valence-corrected chi connectivity index (χ2v) is 4.38. The van der Waals surface area contributed by atoms with Gasteiger partial charge in [0.1, 0.15) is 0 Å². The second kappa shape index (κ2) is 5.54. The number of hydrogen-bond donors (Lipinski definition) is 3. The van der Waals surface area contributed by atoms with Crippen molar-refractivity contribution < 1.29 is 9.90 Å². The molecule has 2 aromatic carbocycles. The SMILES string of the molecule is Cc1ccc(NC(=O)c2ccc(CO)cc2)cc1N. The van der Waals surface area contributed by atoms with Gasteiger partial charge in [0.15, 0.2) is 0 Å². The molecule has 0 saturated heterocycles. The Kier molecular flexibility index (Phi) is 3.82. The van der Waals surface area contributed by atoms with Crippen LogP contribution >= 0.6 is 0 Å².